The third-order valence-electron chi connectivity index (χ3n) is 4.77. The average molecular weight is 379 g/mol. The molecule has 0 aliphatic rings. The molecule has 1 heterocycles. The number of aromatic nitrogens is 2. The zero-order valence-electron chi connectivity index (χ0n) is 15.9. The molecule has 0 saturated carbocycles. The number of amides is 1. The van der Waals surface area contributed by atoms with Crippen LogP contribution in [0.5, 0.6) is 0 Å². The Balaban J connectivity index is 1.53. The number of carbonyl (C=O) groups is 1. The van der Waals surface area contributed by atoms with Crippen molar-refractivity contribution in [2.75, 3.05) is 0 Å². The molecule has 0 aliphatic heterocycles. The Morgan fingerprint density at radius 3 is 1.90 bits per heavy atom. The molecule has 0 saturated heterocycles. The molecule has 29 heavy (non-hydrogen) atoms. The SMILES string of the molecule is O=C(NCc1cc(-c2ccccc2)ncn1)C(c1ccccc1)c1ccccc1. The lowest BCUT2D eigenvalue weighted by molar-refractivity contribution is -0.121. The molecule has 4 nitrogen and oxygen atoms in total. The van der Waals surface area contributed by atoms with Crippen LogP contribution in [0, 0.1) is 0 Å². The lowest BCUT2D eigenvalue weighted by Crippen LogP contribution is -2.30. The highest BCUT2D eigenvalue weighted by Gasteiger charge is 2.22. The van der Waals surface area contributed by atoms with Gasteiger partial charge in [0.15, 0.2) is 0 Å². The first kappa shape index (κ1) is 18.6. The summed E-state index contributed by atoms with van der Waals surface area (Å²) < 4.78 is 0. The van der Waals surface area contributed by atoms with Crippen molar-refractivity contribution < 1.29 is 4.79 Å². The third-order valence-corrected chi connectivity index (χ3v) is 4.77. The molecule has 0 aliphatic carbocycles. The Hall–Kier alpha value is -3.79. The molecule has 0 unspecified atom stereocenters. The van der Waals surface area contributed by atoms with Gasteiger partial charge in [0.2, 0.25) is 5.91 Å². The Morgan fingerprint density at radius 1 is 0.759 bits per heavy atom. The number of hydrogen-bond donors (Lipinski definition) is 1. The van der Waals surface area contributed by atoms with Gasteiger partial charge >= 0.3 is 0 Å². The number of benzene rings is 3. The van der Waals surface area contributed by atoms with Crippen LogP contribution in [-0.2, 0) is 11.3 Å². The summed E-state index contributed by atoms with van der Waals surface area (Å²) in [5.41, 5.74) is 4.56. The summed E-state index contributed by atoms with van der Waals surface area (Å²) in [6.45, 7) is 0.345. The standard InChI is InChI=1S/C25H21N3O/c29-25(24(20-12-6-2-7-13-20)21-14-8-3-9-15-21)26-17-22-16-23(28-18-27-22)19-10-4-1-5-11-19/h1-16,18,24H,17H2,(H,26,29). The summed E-state index contributed by atoms with van der Waals surface area (Å²) in [6.07, 6.45) is 1.54. The van der Waals surface area contributed by atoms with E-state index in [1.54, 1.807) is 0 Å². The fourth-order valence-electron chi connectivity index (χ4n) is 3.33. The lowest BCUT2D eigenvalue weighted by Gasteiger charge is -2.18. The molecule has 0 atom stereocenters. The predicted molar refractivity (Wildman–Crippen MR) is 114 cm³/mol. The molecular weight excluding hydrogens is 358 g/mol. The van der Waals surface area contributed by atoms with Crippen molar-refractivity contribution in [3.8, 4) is 11.3 Å². The molecule has 0 bridgehead atoms. The van der Waals surface area contributed by atoms with E-state index in [-0.39, 0.29) is 11.8 Å². The van der Waals surface area contributed by atoms with E-state index < -0.39 is 0 Å². The van der Waals surface area contributed by atoms with Crippen LogP contribution in [0.15, 0.2) is 103 Å². The minimum atomic E-state index is -0.368. The normalized spacial score (nSPS) is 10.7. The largest absolute Gasteiger partial charge is 0.350 e. The third kappa shape index (κ3) is 4.55. The van der Waals surface area contributed by atoms with Gasteiger partial charge in [0.1, 0.15) is 6.33 Å². The van der Waals surface area contributed by atoms with Gasteiger partial charge in [-0.25, -0.2) is 9.97 Å². The van der Waals surface area contributed by atoms with E-state index in [1.165, 1.54) is 6.33 Å². The quantitative estimate of drug-likeness (QED) is 0.533. The van der Waals surface area contributed by atoms with Crippen LogP contribution >= 0.6 is 0 Å². The van der Waals surface area contributed by atoms with Gasteiger partial charge in [0.25, 0.3) is 0 Å². The van der Waals surface area contributed by atoms with Crippen molar-refractivity contribution in [2.45, 2.75) is 12.5 Å². The van der Waals surface area contributed by atoms with Gasteiger partial charge < -0.3 is 5.32 Å². The van der Waals surface area contributed by atoms with E-state index >= 15 is 0 Å². The first-order valence-electron chi connectivity index (χ1n) is 9.55. The Bertz CT molecular complexity index is 1030. The molecule has 3 aromatic carbocycles. The average Bonchev–Trinajstić information content (AvgIpc) is 2.80. The van der Waals surface area contributed by atoms with Gasteiger partial charge in [0, 0.05) is 5.56 Å². The number of rotatable bonds is 6. The van der Waals surface area contributed by atoms with Crippen molar-refractivity contribution >= 4 is 5.91 Å². The molecule has 142 valence electrons. The summed E-state index contributed by atoms with van der Waals surface area (Å²) in [5.74, 6) is -0.421. The van der Waals surface area contributed by atoms with Crippen LogP contribution in [0.1, 0.15) is 22.7 Å². The first-order valence-corrected chi connectivity index (χ1v) is 9.55. The number of hydrogen-bond acceptors (Lipinski definition) is 3. The van der Waals surface area contributed by atoms with E-state index in [0.29, 0.717) is 6.54 Å². The monoisotopic (exact) mass is 379 g/mol. The maximum Gasteiger partial charge on any atom is 0.232 e. The Morgan fingerprint density at radius 2 is 1.31 bits per heavy atom. The summed E-state index contributed by atoms with van der Waals surface area (Å²) in [5, 5.41) is 3.05. The van der Waals surface area contributed by atoms with Crippen LogP contribution in [0.2, 0.25) is 0 Å². The minimum absolute atomic E-state index is 0.0535. The molecular formula is C25H21N3O. The number of nitrogens with one attached hydrogen (secondary N) is 1. The summed E-state index contributed by atoms with van der Waals surface area (Å²) in [6, 6.07) is 31.5. The molecule has 0 spiro atoms. The number of nitrogens with zero attached hydrogens (tertiary/aromatic N) is 2. The lowest BCUT2D eigenvalue weighted by atomic mass is 9.90. The molecule has 1 N–H and O–H groups in total. The zero-order valence-corrected chi connectivity index (χ0v) is 15.9. The van der Waals surface area contributed by atoms with Gasteiger partial charge in [-0.15, -0.1) is 0 Å². The highest BCUT2D eigenvalue weighted by Crippen LogP contribution is 2.25. The highest BCUT2D eigenvalue weighted by molar-refractivity contribution is 5.87. The molecule has 0 fully saturated rings. The summed E-state index contributed by atoms with van der Waals surface area (Å²) >= 11 is 0. The van der Waals surface area contributed by atoms with Crippen LogP contribution in [0.4, 0.5) is 0 Å². The summed E-state index contributed by atoms with van der Waals surface area (Å²) in [7, 11) is 0. The van der Waals surface area contributed by atoms with E-state index in [4.69, 9.17) is 0 Å². The fraction of sp³-hybridized carbons (Fsp3) is 0.0800. The van der Waals surface area contributed by atoms with Gasteiger partial charge in [-0.2, -0.15) is 0 Å². The number of carbonyl (C=O) groups excluding carboxylic acids is 1. The predicted octanol–water partition coefficient (Wildman–Crippen LogP) is 4.59. The molecule has 0 radical (unpaired) electrons. The Kier molecular flexibility index (Phi) is 5.72. The molecule has 4 aromatic rings. The van der Waals surface area contributed by atoms with Crippen molar-refractivity contribution in [2.24, 2.45) is 0 Å². The second-order valence-corrected chi connectivity index (χ2v) is 6.73. The molecule has 4 rings (SSSR count). The second kappa shape index (κ2) is 8.93. The van der Waals surface area contributed by atoms with E-state index in [0.717, 1.165) is 28.1 Å². The van der Waals surface area contributed by atoms with E-state index in [9.17, 15) is 4.79 Å². The Labute approximate surface area is 170 Å². The second-order valence-electron chi connectivity index (χ2n) is 6.73. The maximum atomic E-state index is 13.1. The molecule has 1 amide bonds. The van der Waals surface area contributed by atoms with Gasteiger partial charge in [-0.3, -0.25) is 4.79 Å². The van der Waals surface area contributed by atoms with E-state index in [2.05, 4.69) is 15.3 Å². The zero-order chi connectivity index (χ0) is 19.9. The van der Waals surface area contributed by atoms with Crippen molar-refractivity contribution in [3.05, 3.63) is 120 Å². The minimum Gasteiger partial charge on any atom is -0.350 e. The fourth-order valence-corrected chi connectivity index (χ4v) is 3.33. The van der Waals surface area contributed by atoms with Gasteiger partial charge in [-0.1, -0.05) is 91.0 Å². The summed E-state index contributed by atoms with van der Waals surface area (Å²) in [4.78, 5) is 21.8. The van der Waals surface area contributed by atoms with Crippen LogP contribution in [-0.4, -0.2) is 15.9 Å². The van der Waals surface area contributed by atoms with E-state index in [1.807, 2.05) is 97.1 Å². The van der Waals surface area contributed by atoms with Crippen molar-refractivity contribution in [3.63, 3.8) is 0 Å². The first-order chi connectivity index (χ1) is 14.3. The highest BCUT2D eigenvalue weighted by atomic mass is 16.1. The topological polar surface area (TPSA) is 54.9 Å². The maximum absolute atomic E-state index is 13.1. The smallest absolute Gasteiger partial charge is 0.232 e. The van der Waals surface area contributed by atoms with Crippen molar-refractivity contribution in [1.29, 1.82) is 0 Å². The molecule has 1 aromatic heterocycles. The molecule has 4 heteroatoms. The van der Waals surface area contributed by atoms with Crippen molar-refractivity contribution in [1.82, 2.24) is 15.3 Å². The van der Waals surface area contributed by atoms with Crippen LogP contribution in [0.25, 0.3) is 11.3 Å². The van der Waals surface area contributed by atoms with Gasteiger partial charge in [0.05, 0.1) is 23.9 Å². The van der Waals surface area contributed by atoms with Gasteiger partial charge in [-0.05, 0) is 17.2 Å². The van der Waals surface area contributed by atoms with Crippen LogP contribution in [0.3, 0.4) is 0 Å². The van der Waals surface area contributed by atoms with Crippen LogP contribution < -0.4 is 5.32 Å².